The van der Waals surface area contributed by atoms with Crippen molar-refractivity contribution in [2.24, 2.45) is 10.8 Å². The van der Waals surface area contributed by atoms with Crippen molar-refractivity contribution in [2.45, 2.75) is 32.7 Å². The van der Waals surface area contributed by atoms with E-state index in [2.05, 4.69) is 29.2 Å². The van der Waals surface area contributed by atoms with Crippen molar-refractivity contribution in [1.82, 2.24) is 10.3 Å². The third kappa shape index (κ3) is 5.59. The summed E-state index contributed by atoms with van der Waals surface area (Å²) in [7, 11) is 3.65. The molecule has 0 amide bonds. The van der Waals surface area contributed by atoms with Crippen molar-refractivity contribution in [3.63, 3.8) is 0 Å². The number of rotatable bonds is 6. The van der Waals surface area contributed by atoms with Crippen LogP contribution in [0.1, 0.15) is 26.7 Å². The molecule has 0 saturated heterocycles. The van der Waals surface area contributed by atoms with Crippen molar-refractivity contribution < 1.29 is 4.74 Å². The number of nitrogens with one attached hydrogen (secondary N) is 1. The number of hydrogen-bond donors (Lipinski definition) is 2. The second-order valence-corrected chi connectivity index (χ2v) is 3.59. The fourth-order valence-corrected chi connectivity index (χ4v) is 1.32. The molecule has 15 heavy (non-hydrogen) atoms. The second kappa shape index (κ2) is 8.49. The van der Waals surface area contributed by atoms with Gasteiger partial charge in [-0.3, -0.25) is 5.43 Å². The molecule has 5 heteroatoms. The monoisotopic (exact) mass is 216 g/mol. The highest BCUT2D eigenvalue weighted by Gasteiger charge is 2.11. The number of hydrazine groups is 1. The van der Waals surface area contributed by atoms with Crippen LogP contribution in [-0.4, -0.2) is 44.2 Å². The van der Waals surface area contributed by atoms with Gasteiger partial charge in [0.2, 0.25) is 5.96 Å². The number of nitrogens with two attached hydrogens (primary N) is 1. The highest BCUT2D eigenvalue weighted by Crippen LogP contribution is 2.03. The largest absolute Gasteiger partial charge is 0.383 e. The lowest BCUT2D eigenvalue weighted by Crippen LogP contribution is -2.46. The Morgan fingerprint density at radius 3 is 2.73 bits per heavy atom. The molecule has 0 saturated carbocycles. The molecule has 0 aliphatic rings. The van der Waals surface area contributed by atoms with E-state index in [1.165, 1.54) is 0 Å². The van der Waals surface area contributed by atoms with Crippen LogP contribution in [0.15, 0.2) is 4.99 Å². The van der Waals surface area contributed by atoms with E-state index in [1.807, 2.05) is 7.05 Å². The third-order valence-corrected chi connectivity index (χ3v) is 2.39. The molecular formula is C10H24N4O. The lowest BCUT2D eigenvalue weighted by molar-refractivity contribution is 0.207. The van der Waals surface area contributed by atoms with E-state index >= 15 is 0 Å². The van der Waals surface area contributed by atoms with Crippen LogP contribution in [0.25, 0.3) is 0 Å². The summed E-state index contributed by atoms with van der Waals surface area (Å²) in [6.45, 7) is 5.56. The quantitative estimate of drug-likeness (QED) is 0.224. The van der Waals surface area contributed by atoms with Crippen LogP contribution < -0.4 is 11.3 Å². The SMILES string of the molecule is CCCC(C)N(C)C(=NCCOC)NN. The van der Waals surface area contributed by atoms with Gasteiger partial charge in [0.05, 0.1) is 13.2 Å². The average Bonchev–Trinajstić information content (AvgIpc) is 2.24. The van der Waals surface area contributed by atoms with Gasteiger partial charge in [0.25, 0.3) is 0 Å². The summed E-state index contributed by atoms with van der Waals surface area (Å²) in [5.41, 5.74) is 2.62. The molecule has 90 valence electrons. The molecule has 0 aromatic heterocycles. The highest BCUT2D eigenvalue weighted by atomic mass is 16.5. The van der Waals surface area contributed by atoms with E-state index < -0.39 is 0 Å². The maximum absolute atomic E-state index is 5.43. The minimum Gasteiger partial charge on any atom is -0.383 e. The van der Waals surface area contributed by atoms with E-state index in [9.17, 15) is 0 Å². The fourth-order valence-electron chi connectivity index (χ4n) is 1.32. The van der Waals surface area contributed by atoms with Gasteiger partial charge in [-0.05, 0) is 13.3 Å². The van der Waals surface area contributed by atoms with Crippen LogP contribution >= 0.6 is 0 Å². The van der Waals surface area contributed by atoms with Gasteiger partial charge in [-0.2, -0.15) is 0 Å². The molecule has 0 spiro atoms. The molecule has 0 aliphatic heterocycles. The number of hydrogen-bond acceptors (Lipinski definition) is 3. The third-order valence-electron chi connectivity index (χ3n) is 2.39. The van der Waals surface area contributed by atoms with Crippen molar-refractivity contribution in [2.75, 3.05) is 27.3 Å². The van der Waals surface area contributed by atoms with E-state index in [0.717, 1.165) is 12.8 Å². The highest BCUT2D eigenvalue weighted by molar-refractivity contribution is 5.79. The second-order valence-electron chi connectivity index (χ2n) is 3.59. The van der Waals surface area contributed by atoms with E-state index in [4.69, 9.17) is 10.6 Å². The molecular weight excluding hydrogens is 192 g/mol. The van der Waals surface area contributed by atoms with Gasteiger partial charge in [-0.15, -0.1) is 0 Å². The number of guanidine groups is 1. The Kier molecular flexibility index (Phi) is 8.04. The average molecular weight is 216 g/mol. The topological polar surface area (TPSA) is 62.9 Å². The Labute approximate surface area is 92.7 Å². The van der Waals surface area contributed by atoms with Crippen LogP contribution in [0.3, 0.4) is 0 Å². The zero-order valence-electron chi connectivity index (χ0n) is 10.3. The Bertz CT molecular complexity index is 184. The van der Waals surface area contributed by atoms with Crippen molar-refractivity contribution >= 4 is 5.96 Å². The Morgan fingerprint density at radius 1 is 1.60 bits per heavy atom. The first kappa shape index (κ1) is 14.2. The van der Waals surface area contributed by atoms with Crippen LogP contribution in [-0.2, 0) is 4.74 Å². The summed E-state index contributed by atoms with van der Waals surface area (Å²) in [6, 6.07) is 0.437. The maximum atomic E-state index is 5.43. The molecule has 5 nitrogen and oxygen atoms in total. The summed E-state index contributed by atoms with van der Waals surface area (Å²) in [5.74, 6) is 6.14. The Balaban J connectivity index is 4.18. The summed E-state index contributed by atoms with van der Waals surface area (Å²) < 4.78 is 4.93. The number of ether oxygens (including phenoxy) is 1. The molecule has 0 aromatic carbocycles. The van der Waals surface area contributed by atoms with Crippen molar-refractivity contribution in [3.05, 3.63) is 0 Å². The van der Waals surface area contributed by atoms with Gasteiger partial charge in [0.1, 0.15) is 0 Å². The van der Waals surface area contributed by atoms with Crippen LogP contribution in [0, 0.1) is 0 Å². The number of nitrogens with zero attached hydrogens (tertiary/aromatic N) is 2. The van der Waals surface area contributed by atoms with Gasteiger partial charge in [-0.25, -0.2) is 10.8 Å². The Morgan fingerprint density at radius 2 is 2.27 bits per heavy atom. The lowest BCUT2D eigenvalue weighted by atomic mass is 10.2. The standard InChI is InChI=1S/C10H24N4O/c1-5-6-9(2)14(3)10(13-11)12-7-8-15-4/h9H,5-8,11H2,1-4H3,(H,12,13). The number of methoxy groups -OCH3 is 1. The molecule has 0 aliphatic carbocycles. The molecule has 0 heterocycles. The van der Waals surface area contributed by atoms with Crippen LogP contribution in [0.2, 0.25) is 0 Å². The molecule has 0 radical (unpaired) electrons. The first-order chi connectivity index (χ1) is 7.17. The van der Waals surface area contributed by atoms with Gasteiger partial charge in [0.15, 0.2) is 0 Å². The smallest absolute Gasteiger partial charge is 0.208 e. The molecule has 3 N–H and O–H groups in total. The van der Waals surface area contributed by atoms with Crippen molar-refractivity contribution in [3.8, 4) is 0 Å². The van der Waals surface area contributed by atoms with Crippen molar-refractivity contribution in [1.29, 1.82) is 0 Å². The fraction of sp³-hybridized carbons (Fsp3) is 0.900. The Hall–Kier alpha value is -0.810. The normalized spacial score (nSPS) is 13.8. The molecule has 0 fully saturated rings. The lowest BCUT2D eigenvalue weighted by Gasteiger charge is -2.27. The van der Waals surface area contributed by atoms with Gasteiger partial charge < -0.3 is 9.64 Å². The molecule has 1 unspecified atom stereocenters. The summed E-state index contributed by atoms with van der Waals surface area (Å²) in [6.07, 6.45) is 2.28. The summed E-state index contributed by atoms with van der Waals surface area (Å²) in [5, 5.41) is 0. The van der Waals surface area contributed by atoms with Gasteiger partial charge in [0, 0.05) is 20.2 Å². The van der Waals surface area contributed by atoms with Crippen LogP contribution in [0.5, 0.6) is 0 Å². The zero-order chi connectivity index (χ0) is 11.7. The zero-order valence-corrected chi connectivity index (χ0v) is 10.3. The van der Waals surface area contributed by atoms with Gasteiger partial charge >= 0.3 is 0 Å². The van der Waals surface area contributed by atoms with Crippen LogP contribution in [0.4, 0.5) is 0 Å². The molecule has 0 rings (SSSR count). The summed E-state index contributed by atoms with van der Waals surface area (Å²) in [4.78, 5) is 6.37. The first-order valence-electron chi connectivity index (χ1n) is 5.40. The van der Waals surface area contributed by atoms with Gasteiger partial charge in [-0.1, -0.05) is 13.3 Å². The molecule has 0 aromatic rings. The summed E-state index contributed by atoms with van der Waals surface area (Å²) >= 11 is 0. The predicted molar refractivity (Wildman–Crippen MR) is 63.6 cm³/mol. The van der Waals surface area contributed by atoms with E-state index in [1.54, 1.807) is 7.11 Å². The van der Waals surface area contributed by atoms with E-state index in [0.29, 0.717) is 25.2 Å². The predicted octanol–water partition coefficient (Wildman–Crippen LogP) is 0.573. The minimum absolute atomic E-state index is 0.437. The molecule has 1 atom stereocenters. The molecule has 0 bridgehead atoms. The minimum atomic E-state index is 0.437. The first-order valence-corrected chi connectivity index (χ1v) is 5.40. The maximum Gasteiger partial charge on any atom is 0.208 e. The van der Waals surface area contributed by atoms with E-state index in [-0.39, 0.29) is 0 Å². The number of aliphatic imine (C=N–C) groups is 1.